The molecule has 7 heteroatoms. The van der Waals surface area contributed by atoms with Crippen LogP contribution in [-0.2, 0) is 15.0 Å². The quantitative estimate of drug-likeness (QED) is 0.887. The molecule has 2 rings (SSSR count). The van der Waals surface area contributed by atoms with Gasteiger partial charge in [0.1, 0.15) is 0 Å². The van der Waals surface area contributed by atoms with Gasteiger partial charge in [0.25, 0.3) is 0 Å². The van der Waals surface area contributed by atoms with Gasteiger partial charge >= 0.3 is 16.2 Å². The Bertz CT molecular complexity index is 622. The molecule has 1 aromatic rings. The number of carboxylic acid groups (broad SMARTS) is 1. The molecular weight excluding hydrogens is 292 g/mol. The molecule has 0 aromatic heterocycles. The summed E-state index contributed by atoms with van der Waals surface area (Å²) in [6.45, 7) is 4.04. The van der Waals surface area contributed by atoms with Crippen molar-refractivity contribution in [1.29, 1.82) is 0 Å². The topological polar surface area (TPSA) is 86.7 Å². The number of rotatable bonds is 4. The van der Waals surface area contributed by atoms with E-state index in [0.29, 0.717) is 25.1 Å². The number of carboxylic acids is 1. The van der Waals surface area contributed by atoms with Crippen LogP contribution in [0.2, 0.25) is 0 Å². The van der Waals surface area contributed by atoms with Gasteiger partial charge in [-0.3, -0.25) is 9.52 Å². The molecule has 1 atom stereocenters. The molecule has 1 aromatic carbocycles. The second kappa shape index (κ2) is 6.03. The maximum atomic E-state index is 12.4. The van der Waals surface area contributed by atoms with Gasteiger partial charge in [-0.15, -0.1) is 0 Å². The van der Waals surface area contributed by atoms with E-state index in [9.17, 15) is 13.2 Å². The number of hydrogen-bond donors (Lipinski definition) is 2. The average molecular weight is 312 g/mol. The summed E-state index contributed by atoms with van der Waals surface area (Å²) in [5.41, 5.74) is 2.24. The number of benzene rings is 1. The first-order chi connectivity index (χ1) is 9.81. The molecule has 1 aliphatic rings. The lowest BCUT2D eigenvalue weighted by atomic mass is 10.0. The van der Waals surface area contributed by atoms with Crippen molar-refractivity contribution in [1.82, 2.24) is 4.31 Å². The molecule has 21 heavy (non-hydrogen) atoms. The van der Waals surface area contributed by atoms with Gasteiger partial charge in [0.2, 0.25) is 0 Å². The molecule has 6 nitrogen and oxygen atoms in total. The predicted molar refractivity (Wildman–Crippen MR) is 80.4 cm³/mol. The van der Waals surface area contributed by atoms with Crippen LogP contribution < -0.4 is 4.72 Å². The number of aliphatic carboxylic acids is 1. The Kier molecular flexibility index (Phi) is 4.53. The number of para-hydroxylation sites is 1. The molecular formula is C14H20N2O4S. The largest absolute Gasteiger partial charge is 0.481 e. The third kappa shape index (κ3) is 3.54. The Labute approximate surface area is 125 Å². The van der Waals surface area contributed by atoms with Gasteiger partial charge in [0, 0.05) is 13.1 Å². The van der Waals surface area contributed by atoms with Gasteiger partial charge in [0.15, 0.2) is 0 Å². The Morgan fingerprint density at radius 1 is 1.33 bits per heavy atom. The average Bonchev–Trinajstić information content (AvgIpc) is 2.43. The van der Waals surface area contributed by atoms with Crippen molar-refractivity contribution < 1.29 is 18.3 Å². The fraction of sp³-hybridized carbons (Fsp3) is 0.500. The highest BCUT2D eigenvalue weighted by atomic mass is 32.2. The van der Waals surface area contributed by atoms with Gasteiger partial charge < -0.3 is 5.11 Å². The summed E-state index contributed by atoms with van der Waals surface area (Å²) in [5.74, 6) is -1.57. The molecule has 0 spiro atoms. The Hall–Kier alpha value is -1.60. The number of carbonyl (C=O) groups is 1. The van der Waals surface area contributed by atoms with E-state index in [4.69, 9.17) is 5.11 Å². The van der Waals surface area contributed by atoms with Gasteiger partial charge in [0.05, 0.1) is 11.6 Å². The summed E-state index contributed by atoms with van der Waals surface area (Å²) in [6, 6.07) is 5.53. The van der Waals surface area contributed by atoms with E-state index in [1.54, 1.807) is 0 Å². The monoisotopic (exact) mass is 312 g/mol. The molecule has 116 valence electrons. The fourth-order valence-electron chi connectivity index (χ4n) is 2.53. The second-order valence-corrected chi connectivity index (χ2v) is 7.08. The van der Waals surface area contributed by atoms with E-state index in [-0.39, 0.29) is 6.54 Å². The van der Waals surface area contributed by atoms with Crippen LogP contribution in [0.25, 0.3) is 0 Å². The number of piperidine rings is 1. The maximum Gasteiger partial charge on any atom is 0.307 e. The Morgan fingerprint density at radius 2 is 1.95 bits per heavy atom. The van der Waals surface area contributed by atoms with Crippen LogP contribution in [-0.4, -0.2) is 36.9 Å². The summed E-state index contributed by atoms with van der Waals surface area (Å²) in [6.07, 6.45) is 1.08. The van der Waals surface area contributed by atoms with Gasteiger partial charge in [-0.25, -0.2) is 0 Å². The van der Waals surface area contributed by atoms with Crippen molar-refractivity contribution in [3.63, 3.8) is 0 Å². The minimum Gasteiger partial charge on any atom is -0.481 e. The molecule has 0 saturated carbocycles. The summed E-state index contributed by atoms with van der Waals surface area (Å²) < 4.78 is 28.7. The first kappa shape index (κ1) is 15.8. The minimum absolute atomic E-state index is 0.0234. The third-order valence-corrected chi connectivity index (χ3v) is 5.26. The van der Waals surface area contributed by atoms with Crippen LogP contribution in [0.5, 0.6) is 0 Å². The Morgan fingerprint density at radius 3 is 2.52 bits per heavy atom. The molecule has 1 unspecified atom stereocenters. The number of anilines is 1. The van der Waals surface area contributed by atoms with E-state index >= 15 is 0 Å². The van der Waals surface area contributed by atoms with Crippen molar-refractivity contribution in [3.8, 4) is 0 Å². The van der Waals surface area contributed by atoms with Crippen LogP contribution in [0.4, 0.5) is 5.69 Å². The van der Waals surface area contributed by atoms with E-state index in [1.165, 1.54) is 4.31 Å². The van der Waals surface area contributed by atoms with Gasteiger partial charge in [-0.2, -0.15) is 12.7 Å². The number of nitrogens with one attached hydrogen (secondary N) is 1. The lowest BCUT2D eigenvalue weighted by Crippen LogP contribution is -2.44. The van der Waals surface area contributed by atoms with E-state index in [1.807, 2.05) is 32.0 Å². The van der Waals surface area contributed by atoms with Crippen LogP contribution in [0.1, 0.15) is 24.0 Å². The molecule has 1 heterocycles. The standard InChI is InChI=1S/C14H20N2O4S/c1-10-5-3-6-11(2)13(10)15-21(19,20)16-8-4-7-12(9-16)14(17)18/h3,5-6,12,15H,4,7-9H2,1-2H3,(H,17,18). The SMILES string of the molecule is Cc1cccc(C)c1NS(=O)(=O)N1CCCC(C(=O)O)C1. The fourth-order valence-corrected chi connectivity index (χ4v) is 3.99. The first-order valence-electron chi connectivity index (χ1n) is 6.88. The van der Waals surface area contributed by atoms with E-state index in [2.05, 4.69) is 4.72 Å². The normalized spacial score (nSPS) is 20.2. The zero-order chi connectivity index (χ0) is 15.6. The summed E-state index contributed by atoms with van der Waals surface area (Å²) in [4.78, 5) is 11.1. The number of aryl methyl sites for hydroxylation is 2. The van der Waals surface area contributed by atoms with E-state index < -0.39 is 22.1 Å². The zero-order valence-corrected chi connectivity index (χ0v) is 13.0. The highest BCUT2D eigenvalue weighted by Gasteiger charge is 2.32. The van der Waals surface area contributed by atoms with Crippen LogP contribution >= 0.6 is 0 Å². The van der Waals surface area contributed by atoms with Crippen molar-refractivity contribution in [2.45, 2.75) is 26.7 Å². The van der Waals surface area contributed by atoms with Crippen molar-refractivity contribution in [2.75, 3.05) is 17.8 Å². The lowest BCUT2D eigenvalue weighted by molar-refractivity contribution is -0.142. The molecule has 2 N–H and O–H groups in total. The van der Waals surface area contributed by atoms with Crippen molar-refractivity contribution >= 4 is 21.9 Å². The van der Waals surface area contributed by atoms with Crippen molar-refractivity contribution in [2.24, 2.45) is 5.92 Å². The second-order valence-electron chi connectivity index (χ2n) is 5.41. The summed E-state index contributed by atoms with van der Waals surface area (Å²) in [7, 11) is -3.73. The minimum atomic E-state index is -3.73. The summed E-state index contributed by atoms with van der Waals surface area (Å²) in [5, 5.41) is 9.06. The van der Waals surface area contributed by atoms with Crippen LogP contribution in [0.3, 0.4) is 0 Å². The molecule has 1 saturated heterocycles. The first-order valence-corrected chi connectivity index (χ1v) is 8.32. The molecule has 1 aliphatic heterocycles. The van der Waals surface area contributed by atoms with Crippen molar-refractivity contribution in [3.05, 3.63) is 29.3 Å². The zero-order valence-electron chi connectivity index (χ0n) is 12.2. The van der Waals surface area contributed by atoms with Crippen LogP contribution in [0.15, 0.2) is 18.2 Å². The Balaban J connectivity index is 2.20. The number of hydrogen-bond acceptors (Lipinski definition) is 3. The molecule has 0 amide bonds. The maximum absolute atomic E-state index is 12.4. The van der Waals surface area contributed by atoms with Gasteiger partial charge in [-0.05, 0) is 37.8 Å². The highest BCUT2D eigenvalue weighted by Crippen LogP contribution is 2.24. The lowest BCUT2D eigenvalue weighted by Gasteiger charge is -2.30. The molecule has 1 fully saturated rings. The molecule has 0 bridgehead atoms. The number of nitrogens with zero attached hydrogens (tertiary/aromatic N) is 1. The molecule has 0 aliphatic carbocycles. The third-order valence-electron chi connectivity index (χ3n) is 3.79. The van der Waals surface area contributed by atoms with Gasteiger partial charge in [-0.1, -0.05) is 18.2 Å². The molecule has 0 radical (unpaired) electrons. The predicted octanol–water partition coefficient (Wildman–Crippen LogP) is 1.76. The van der Waals surface area contributed by atoms with Crippen LogP contribution in [0, 0.1) is 19.8 Å². The highest BCUT2D eigenvalue weighted by molar-refractivity contribution is 7.90. The summed E-state index contributed by atoms with van der Waals surface area (Å²) >= 11 is 0. The smallest absolute Gasteiger partial charge is 0.307 e. The van der Waals surface area contributed by atoms with E-state index in [0.717, 1.165) is 11.1 Å².